The lowest BCUT2D eigenvalue weighted by molar-refractivity contribution is 0.0950. The molecule has 1 aromatic carbocycles. The van der Waals surface area contributed by atoms with E-state index in [2.05, 4.69) is 10.3 Å². The average molecular weight is 269 g/mol. The number of rotatable bonds is 5. The number of carbonyl (C=O) groups is 1. The van der Waals surface area contributed by atoms with Gasteiger partial charge in [0, 0.05) is 24.0 Å². The molecule has 0 aliphatic carbocycles. The molecule has 3 N–H and O–H groups in total. The van der Waals surface area contributed by atoms with E-state index in [1.165, 1.54) is 5.56 Å². The second-order valence-electron chi connectivity index (χ2n) is 4.72. The normalized spacial score (nSPS) is 10.3. The third-order valence-corrected chi connectivity index (χ3v) is 3.07. The predicted molar refractivity (Wildman–Crippen MR) is 79.3 cm³/mol. The fourth-order valence-electron chi connectivity index (χ4n) is 1.96. The van der Waals surface area contributed by atoms with Gasteiger partial charge in [0.2, 0.25) is 0 Å². The maximum Gasteiger partial charge on any atom is 0.251 e. The van der Waals surface area contributed by atoms with Crippen molar-refractivity contribution in [3.05, 3.63) is 65.0 Å². The van der Waals surface area contributed by atoms with Gasteiger partial charge in [0.05, 0.1) is 0 Å². The molecule has 4 heteroatoms. The molecule has 0 radical (unpaired) electrons. The van der Waals surface area contributed by atoms with Gasteiger partial charge >= 0.3 is 0 Å². The van der Waals surface area contributed by atoms with Crippen molar-refractivity contribution in [2.45, 2.75) is 19.9 Å². The van der Waals surface area contributed by atoms with Gasteiger partial charge in [0.15, 0.2) is 0 Å². The monoisotopic (exact) mass is 269 g/mol. The van der Waals surface area contributed by atoms with Crippen molar-refractivity contribution in [1.82, 2.24) is 10.3 Å². The molecule has 1 heterocycles. The molecule has 0 aliphatic rings. The molecule has 0 fully saturated rings. The largest absolute Gasteiger partial charge is 0.348 e. The standard InChI is InChI=1S/C16H19N3O/c1-12-10-15(7-9-18-12)16(20)19-11-14-4-2-13(3-5-14)6-8-17/h2-5,7,9-10H,6,8,11,17H2,1H3,(H,19,20). The Bertz CT molecular complexity index is 579. The van der Waals surface area contributed by atoms with Crippen LogP contribution in [0.5, 0.6) is 0 Å². The van der Waals surface area contributed by atoms with Gasteiger partial charge in [-0.1, -0.05) is 24.3 Å². The lowest BCUT2D eigenvalue weighted by Crippen LogP contribution is -2.22. The zero-order chi connectivity index (χ0) is 14.4. The van der Waals surface area contributed by atoms with E-state index >= 15 is 0 Å². The first-order chi connectivity index (χ1) is 9.69. The van der Waals surface area contributed by atoms with Gasteiger partial charge < -0.3 is 11.1 Å². The maximum atomic E-state index is 12.0. The minimum Gasteiger partial charge on any atom is -0.348 e. The molecule has 104 valence electrons. The Hall–Kier alpha value is -2.20. The number of hydrogen-bond acceptors (Lipinski definition) is 3. The van der Waals surface area contributed by atoms with Crippen LogP contribution < -0.4 is 11.1 Å². The molecule has 2 rings (SSSR count). The van der Waals surface area contributed by atoms with Gasteiger partial charge in [-0.25, -0.2) is 0 Å². The summed E-state index contributed by atoms with van der Waals surface area (Å²) in [6, 6.07) is 11.6. The Labute approximate surface area is 119 Å². The molecule has 4 nitrogen and oxygen atoms in total. The third-order valence-electron chi connectivity index (χ3n) is 3.07. The van der Waals surface area contributed by atoms with Crippen molar-refractivity contribution in [1.29, 1.82) is 0 Å². The average Bonchev–Trinajstić information content (AvgIpc) is 2.46. The van der Waals surface area contributed by atoms with Crippen LogP contribution in [0, 0.1) is 6.92 Å². The van der Waals surface area contributed by atoms with E-state index in [4.69, 9.17) is 5.73 Å². The summed E-state index contributed by atoms with van der Waals surface area (Å²) in [5, 5.41) is 2.90. The molecule has 0 unspecified atom stereocenters. The van der Waals surface area contributed by atoms with E-state index in [1.807, 2.05) is 31.2 Å². The van der Waals surface area contributed by atoms with E-state index in [-0.39, 0.29) is 5.91 Å². The van der Waals surface area contributed by atoms with Crippen molar-refractivity contribution in [2.75, 3.05) is 6.54 Å². The first-order valence-corrected chi connectivity index (χ1v) is 6.68. The number of nitrogens with one attached hydrogen (secondary N) is 1. The molecule has 20 heavy (non-hydrogen) atoms. The van der Waals surface area contributed by atoms with E-state index in [9.17, 15) is 4.79 Å². The van der Waals surface area contributed by atoms with E-state index in [0.29, 0.717) is 18.7 Å². The number of nitrogens with zero attached hydrogens (tertiary/aromatic N) is 1. The second-order valence-corrected chi connectivity index (χ2v) is 4.72. The number of carbonyl (C=O) groups excluding carboxylic acids is 1. The number of nitrogens with two attached hydrogens (primary N) is 1. The smallest absolute Gasteiger partial charge is 0.251 e. The summed E-state index contributed by atoms with van der Waals surface area (Å²) in [6.07, 6.45) is 2.52. The van der Waals surface area contributed by atoms with Crippen molar-refractivity contribution < 1.29 is 4.79 Å². The van der Waals surface area contributed by atoms with E-state index in [0.717, 1.165) is 17.7 Å². The van der Waals surface area contributed by atoms with Gasteiger partial charge in [-0.3, -0.25) is 9.78 Å². The summed E-state index contributed by atoms with van der Waals surface area (Å²) in [5.74, 6) is -0.0819. The van der Waals surface area contributed by atoms with E-state index in [1.54, 1.807) is 18.3 Å². The molecule has 0 spiro atoms. The van der Waals surface area contributed by atoms with Crippen LogP contribution in [0.15, 0.2) is 42.6 Å². The number of hydrogen-bond donors (Lipinski definition) is 2. The fraction of sp³-hybridized carbons (Fsp3) is 0.250. The van der Waals surface area contributed by atoms with Crippen LogP contribution in [-0.2, 0) is 13.0 Å². The van der Waals surface area contributed by atoms with Crippen LogP contribution >= 0.6 is 0 Å². The number of aromatic nitrogens is 1. The highest BCUT2D eigenvalue weighted by molar-refractivity contribution is 5.94. The Morgan fingerprint density at radius 3 is 2.55 bits per heavy atom. The SMILES string of the molecule is Cc1cc(C(=O)NCc2ccc(CCN)cc2)ccn1. The Morgan fingerprint density at radius 1 is 1.20 bits per heavy atom. The molecule has 0 atom stereocenters. The van der Waals surface area contributed by atoms with Crippen LogP contribution in [0.3, 0.4) is 0 Å². The molecule has 0 saturated heterocycles. The molecular formula is C16H19N3O. The minimum absolute atomic E-state index is 0.0819. The Kier molecular flexibility index (Phi) is 4.85. The van der Waals surface area contributed by atoms with Gasteiger partial charge in [0.25, 0.3) is 5.91 Å². The molecule has 1 aromatic heterocycles. The highest BCUT2D eigenvalue weighted by atomic mass is 16.1. The quantitative estimate of drug-likeness (QED) is 0.870. The highest BCUT2D eigenvalue weighted by Crippen LogP contribution is 2.06. The van der Waals surface area contributed by atoms with Crippen molar-refractivity contribution in [3.63, 3.8) is 0 Å². The second kappa shape index (κ2) is 6.82. The Morgan fingerprint density at radius 2 is 1.90 bits per heavy atom. The first kappa shape index (κ1) is 14.2. The first-order valence-electron chi connectivity index (χ1n) is 6.68. The summed E-state index contributed by atoms with van der Waals surface area (Å²) >= 11 is 0. The summed E-state index contributed by atoms with van der Waals surface area (Å²) in [7, 11) is 0. The minimum atomic E-state index is -0.0819. The number of benzene rings is 1. The van der Waals surface area contributed by atoms with E-state index < -0.39 is 0 Å². The van der Waals surface area contributed by atoms with Crippen LogP contribution in [0.2, 0.25) is 0 Å². The summed E-state index contributed by atoms with van der Waals surface area (Å²) in [5.41, 5.74) is 9.27. The van der Waals surface area contributed by atoms with Crippen molar-refractivity contribution in [2.24, 2.45) is 5.73 Å². The lowest BCUT2D eigenvalue weighted by Gasteiger charge is -2.07. The van der Waals surface area contributed by atoms with Gasteiger partial charge in [0.1, 0.15) is 0 Å². The summed E-state index contributed by atoms with van der Waals surface area (Å²) < 4.78 is 0. The molecule has 2 aromatic rings. The predicted octanol–water partition coefficient (Wildman–Crippen LogP) is 1.82. The zero-order valence-electron chi connectivity index (χ0n) is 11.6. The zero-order valence-corrected chi connectivity index (χ0v) is 11.6. The van der Waals surface area contributed by atoms with Gasteiger partial charge in [-0.15, -0.1) is 0 Å². The van der Waals surface area contributed by atoms with Gasteiger partial charge in [-0.2, -0.15) is 0 Å². The number of pyridine rings is 1. The number of amides is 1. The number of aryl methyl sites for hydroxylation is 1. The highest BCUT2D eigenvalue weighted by Gasteiger charge is 2.05. The third kappa shape index (κ3) is 3.90. The van der Waals surface area contributed by atoms with Crippen LogP contribution in [0.4, 0.5) is 0 Å². The summed E-state index contributed by atoms with van der Waals surface area (Å²) in [4.78, 5) is 16.1. The molecule has 0 bridgehead atoms. The fourth-order valence-corrected chi connectivity index (χ4v) is 1.96. The topological polar surface area (TPSA) is 68.0 Å². The van der Waals surface area contributed by atoms with Crippen molar-refractivity contribution in [3.8, 4) is 0 Å². The molecular weight excluding hydrogens is 250 g/mol. The summed E-state index contributed by atoms with van der Waals surface area (Å²) in [6.45, 7) is 3.04. The lowest BCUT2D eigenvalue weighted by atomic mass is 10.1. The molecule has 0 saturated carbocycles. The Balaban J connectivity index is 1.93. The van der Waals surface area contributed by atoms with Crippen LogP contribution in [-0.4, -0.2) is 17.4 Å². The maximum absolute atomic E-state index is 12.0. The van der Waals surface area contributed by atoms with Crippen molar-refractivity contribution >= 4 is 5.91 Å². The van der Waals surface area contributed by atoms with Crippen LogP contribution in [0.1, 0.15) is 27.2 Å². The van der Waals surface area contributed by atoms with Crippen LogP contribution in [0.25, 0.3) is 0 Å². The molecule has 0 aliphatic heterocycles. The molecule has 1 amide bonds. The van der Waals surface area contributed by atoms with Gasteiger partial charge in [-0.05, 0) is 43.1 Å².